The van der Waals surface area contributed by atoms with E-state index in [-0.39, 0.29) is 24.9 Å². The Morgan fingerprint density at radius 3 is 2.61 bits per heavy atom. The normalized spacial score (nSPS) is 16.9. The lowest BCUT2D eigenvalue weighted by atomic mass is 9.98. The molecular weight excluding hydrogens is 311 g/mol. The molecule has 1 aromatic heterocycles. The van der Waals surface area contributed by atoms with Crippen molar-refractivity contribution in [2.45, 2.75) is 45.1 Å². The summed E-state index contributed by atoms with van der Waals surface area (Å²) in [5, 5.41) is 8.67. The Bertz CT molecular complexity index is 680. The molecule has 1 amide bonds. The Balaban J connectivity index is 2.46. The fourth-order valence-corrected chi connectivity index (χ4v) is 2.50. The summed E-state index contributed by atoms with van der Waals surface area (Å²) in [7, 11) is 0. The molecule has 23 heavy (non-hydrogen) atoms. The quantitative estimate of drug-likeness (QED) is 0.778. The van der Waals surface area contributed by atoms with Gasteiger partial charge in [0.05, 0.1) is 11.8 Å². The highest BCUT2D eigenvalue weighted by atomic mass is 19.2. The number of aromatic nitrogens is 1. The van der Waals surface area contributed by atoms with Crippen molar-refractivity contribution in [2.75, 3.05) is 11.4 Å². The van der Waals surface area contributed by atoms with Crippen LogP contribution in [0.25, 0.3) is 0 Å². The highest BCUT2D eigenvalue weighted by Crippen LogP contribution is 2.42. The third-order valence-electron chi connectivity index (χ3n) is 3.36. The molecule has 2 rings (SSSR count). The Morgan fingerprint density at radius 2 is 2.04 bits per heavy atom. The van der Waals surface area contributed by atoms with Crippen molar-refractivity contribution in [3.63, 3.8) is 0 Å². The zero-order valence-electron chi connectivity index (χ0n) is 13.0. The van der Waals surface area contributed by atoms with Gasteiger partial charge < -0.3 is 4.74 Å². The molecule has 5 nitrogen and oxygen atoms in total. The molecule has 0 aromatic carbocycles. The summed E-state index contributed by atoms with van der Waals surface area (Å²) < 4.78 is 46.7. The molecule has 0 spiro atoms. The molecule has 124 valence electrons. The second-order valence-corrected chi connectivity index (χ2v) is 6.25. The summed E-state index contributed by atoms with van der Waals surface area (Å²) in [4.78, 5) is 16.0. The van der Waals surface area contributed by atoms with Crippen LogP contribution in [0.2, 0.25) is 0 Å². The number of carbonyl (C=O) groups is 1. The maximum atomic E-state index is 14.1. The van der Waals surface area contributed by atoms with Crippen molar-refractivity contribution in [3.8, 4) is 6.07 Å². The highest BCUT2D eigenvalue weighted by Gasteiger charge is 2.41. The smallest absolute Gasteiger partial charge is 0.414 e. The van der Waals surface area contributed by atoms with E-state index in [1.807, 2.05) is 6.07 Å². The van der Waals surface area contributed by atoms with Gasteiger partial charge in [0.1, 0.15) is 5.60 Å². The van der Waals surface area contributed by atoms with E-state index in [1.165, 1.54) is 0 Å². The van der Waals surface area contributed by atoms with Gasteiger partial charge in [0.15, 0.2) is 0 Å². The fourth-order valence-electron chi connectivity index (χ4n) is 2.50. The fraction of sp³-hybridized carbons (Fsp3) is 0.533. The van der Waals surface area contributed by atoms with Gasteiger partial charge in [-0.1, -0.05) is 0 Å². The number of rotatable bonds is 2. The second kappa shape index (κ2) is 6.07. The highest BCUT2D eigenvalue weighted by molar-refractivity contribution is 5.91. The average Bonchev–Trinajstić information content (AvgIpc) is 2.81. The van der Waals surface area contributed by atoms with Crippen LogP contribution in [-0.2, 0) is 4.74 Å². The molecule has 0 aliphatic carbocycles. The Hall–Kier alpha value is -2.30. The number of ether oxygens (including phenoxy) is 1. The molecule has 0 saturated heterocycles. The van der Waals surface area contributed by atoms with Gasteiger partial charge in [-0.05, 0) is 27.2 Å². The van der Waals surface area contributed by atoms with Gasteiger partial charge in [-0.2, -0.15) is 23.4 Å². The van der Waals surface area contributed by atoms with E-state index < -0.39 is 41.0 Å². The first-order valence-corrected chi connectivity index (χ1v) is 7.07. The zero-order valence-corrected chi connectivity index (χ0v) is 13.0. The molecule has 2 heterocycles. The minimum absolute atomic E-state index is 0.0880. The number of hydrogen-bond acceptors (Lipinski definition) is 4. The lowest BCUT2D eigenvalue weighted by Crippen LogP contribution is -2.36. The van der Waals surface area contributed by atoms with Gasteiger partial charge in [0.25, 0.3) is 5.95 Å². The number of carbonyl (C=O) groups excluding carboxylic acids is 1. The standard InChI is InChI=1S/C15H16F3N3O2/c1-15(2,3)23-14(22)21-7-8(5-4-6-19)9-11(21)10(16)13(18)20-12(9)17/h8H,4-5,7H2,1-3H3. The zero-order chi connectivity index (χ0) is 17.4. The lowest BCUT2D eigenvalue weighted by molar-refractivity contribution is 0.0581. The summed E-state index contributed by atoms with van der Waals surface area (Å²) in [6, 6.07) is 1.91. The largest absolute Gasteiger partial charge is 0.443 e. The van der Waals surface area contributed by atoms with Crippen LogP contribution in [0.5, 0.6) is 0 Å². The lowest BCUT2D eigenvalue weighted by Gasteiger charge is -2.25. The van der Waals surface area contributed by atoms with Gasteiger partial charge in [-0.3, -0.25) is 4.90 Å². The molecule has 8 heteroatoms. The van der Waals surface area contributed by atoms with Crippen molar-refractivity contribution in [2.24, 2.45) is 0 Å². The molecule has 0 fully saturated rings. The summed E-state index contributed by atoms with van der Waals surface area (Å²) in [6.45, 7) is 4.78. The third-order valence-corrected chi connectivity index (χ3v) is 3.36. The van der Waals surface area contributed by atoms with E-state index in [2.05, 4.69) is 4.98 Å². The minimum Gasteiger partial charge on any atom is -0.443 e. The number of amides is 1. The number of anilines is 1. The molecule has 1 aromatic rings. The van der Waals surface area contributed by atoms with Crippen molar-refractivity contribution >= 4 is 11.8 Å². The third kappa shape index (κ3) is 3.38. The first-order chi connectivity index (χ1) is 10.7. The van der Waals surface area contributed by atoms with Crippen molar-refractivity contribution < 1.29 is 22.7 Å². The first kappa shape index (κ1) is 17.1. The topological polar surface area (TPSA) is 66.2 Å². The van der Waals surface area contributed by atoms with Gasteiger partial charge in [-0.25, -0.2) is 4.79 Å². The molecule has 0 radical (unpaired) electrons. The molecule has 0 N–H and O–H groups in total. The Morgan fingerprint density at radius 1 is 1.39 bits per heavy atom. The number of fused-ring (bicyclic) bond motifs is 1. The summed E-state index contributed by atoms with van der Waals surface area (Å²) >= 11 is 0. The number of nitrogens with zero attached hydrogens (tertiary/aromatic N) is 3. The summed E-state index contributed by atoms with van der Waals surface area (Å²) in [5.41, 5.74) is -1.53. The van der Waals surface area contributed by atoms with Crippen molar-refractivity contribution in [1.82, 2.24) is 4.98 Å². The van der Waals surface area contributed by atoms with Crippen LogP contribution in [0.4, 0.5) is 23.7 Å². The van der Waals surface area contributed by atoms with Crippen molar-refractivity contribution in [3.05, 3.63) is 23.3 Å². The maximum absolute atomic E-state index is 14.1. The van der Waals surface area contributed by atoms with E-state index in [4.69, 9.17) is 10.00 Å². The van der Waals surface area contributed by atoms with Crippen LogP contribution >= 0.6 is 0 Å². The van der Waals surface area contributed by atoms with Crippen LogP contribution in [0.15, 0.2) is 0 Å². The predicted molar refractivity (Wildman–Crippen MR) is 75.3 cm³/mol. The number of pyridine rings is 1. The molecule has 1 atom stereocenters. The molecule has 0 bridgehead atoms. The molecular formula is C15H16F3N3O2. The Labute approximate surface area is 131 Å². The van der Waals surface area contributed by atoms with Crippen LogP contribution in [-0.4, -0.2) is 23.2 Å². The second-order valence-electron chi connectivity index (χ2n) is 6.25. The van der Waals surface area contributed by atoms with Crippen LogP contribution in [0, 0.1) is 29.0 Å². The molecule has 1 unspecified atom stereocenters. The van der Waals surface area contributed by atoms with Gasteiger partial charge in [0.2, 0.25) is 11.8 Å². The number of hydrogen-bond donors (Lipinski definition) is 0. The summed E-state index contributed by atoms with van der Waals surface area (Å²) in [5.74, 6) is -4.82. The predicted octanol–water partition coefficient (Wildman–Crippen LogP) is 3.64. The van der Waals surface area contributed by atoms with E-state index in [9.17, 15) is 18.0 Å². The first-order valence-electron chi connectivity index (χ1n) is 7.07. The van der Waals surface area contributed by atoms with Crippen molar-refractivity contribution in [1.29, 1.82) is 5.26 Å². The van der Waals surface area contributed by atoms with E-state index in [0.717, 1.165) is 4.90 Å². The summed E-state index contributed by atoms with van der Waals surface area (Å²) in [6.07, 6.45) is -0.612. The molecule has 0 saturated carbocycles. The number of halogens is 3. The Kier molecular flexibility index (Phi) is 4.50. The molecule has 1 aliphatic heterocycles. The van der Waals surface area contributed by atoms with Crippen LogP contribution in [0.3, 0.4) is 0 Å². The van der Waals surface area contributed by atoms with Crippen LogP contribution < -0.4 is 4.90 Å². The SMILES string of the molecule is CC(C)(C)OC(=O)N1CC(CCC#N)c2c(F)nc(F)c(F)c21. The van der Waals surface area contributed by atoms with Crippen LogP contribution in [0.1, 0.15) is 45.1 Å². The minimum atomic E-state index is -1.62. The molecule has 1 aliphatic rings. The van der Waals surface area contributed by atoms with E-state index >= 15 is 0 Å². The number of nitriles is 1. The van der Waals surface area contributed by atoms with Gasteiger partial charge in [0, 0.05) is 24.4 Å². The maximum Gasteiger partial charge on any atom is 0.414 e. The van der Waals surface area contributed by atoms with E-state index in [1.54, 1.807) is 20.8 Å². The van der Waals surface area contributed by atoms with Gasteiger partial charge in [-0.15, -0.1) is 0 Å². The van der Waals surface area contributed by atoms with Gasteiger partial charge >= 0.3 is 6.09 Å². The monoisotopic (exact) mass is 327 g/mol. The van der Waals surface area contributed by atoms with E-state index in [0.29, 0.717) is 0 Å². The average molecular weight is 327 g/mol.